The predicted molar refractivity (Wildman–Crippen MR) is 79.5 cm³/mol. The zero-order valence-corrected chi connectivity index (χ0v) is 11.3. The number of carbonyl (C=O) groups is 1. The van der Waals surface area contributed by atoms with E-state index < -0.39 is 0 Å². The summed E-state index contributed by atoms with van der Waals surface area (Å²) in [5.74, 6) is 0.585. The smallest absolute Gasteiger partial charge is 0.267 e. The van der Waals surface area contributed by atoms with Crippen molar-refractivity contribution in [2.75, 3.05) is 0 Å². The van der Waals surface area contributed by atoms with Crippen molar-refractivity contribution in [2.45, 2.75) is 0 Å². The third-order valence-corrected chi connectivity index (χ3v) is 3.29. The van der Waals surface area contributed by atoms with Gasteiger partial charge in [-0.3, -0.25) is 4.79 Å². The second-order valence-corrected chi connectivity index (χ2v) is 4.65. The van der Waals surface area contributed by atoms with Gasteiger partial charge in [0.1, 0.15) is 5.71 Å². The molecule has 0 saturated heterocycles. The minimum absolute atomic E-state index is 0.248. The number of rotatable bonds is 2. The summed E-state index contributed by atoms with van der Waals surface area (Å²) >= 11 is 0. The maximum atomic E-state index is 11.9. The Morgan fingerprint density at radius 1 is 0.727 bits per heavy atom. The molecule has 6 heteroatoms. The largest absolute Gasteiger partial charge is 0.278 e. The third kappa shape index (κ3) is 1.98. The zero-order chi connectivity index (χ0) is 14.9. The van der Waals surface area contributed by atoms with E-state index in [-0.39, 0.29) is 5.91 Å². The van der Waals surface area contributed by atoms with Gasteiger partial charge in [0.15, 0.2) is 11.6 Å². The Kier molecular flexibility index (Phi) is 2.79. The normalized spacial score (nSPS) is 12.9. The van der Waals surface area contributed by atoms with E-state index in [1.54, 1.807) is 36.8 Å². The topological polar surface area (TPSA) is 81.0 Å². The number of aromatic nitrogens is 4. The Bertz CT molecular complexity index is 905. The molecule has 0 radical (unpaired) electrons. The Balaban J connectivity index is 1.82. The van der Waals surface area contributed by atoms with Crippen molar-refractivity contribution in [1.29, 1.82) is 0 Å². The van der Waals surface area contributed by atoms with Gasteiger partial charge in [0.25, 0.3) is 5.91 Å². The molecule has 0 atom stereocenters. The lowest BCUT2D eigenvalue weighted by Crippen LogP contribution is -2.06. The van der Waals surface area contributed by atoms with Crippen molar-refractivity contribution in [3.63, 3.8) is 0 Å². The van der Waals surface area contributed by atoms with Crippen LogP contribution in [0.15, 0.2) is 60.0 Å². The van der Waals surface area contributed by atoms with Crippen LogP contribution in [0.3, 0.4) is 0 Å². The first-order valence-electron chi connectivity index (χ1n) is 6.66. The van der Waals surface area contributed by atoms with Gasteiger partial charge in [0.05, 0.1) is 11.3 Å². The van der Waals surface area contributed by atoms with Crippen LogP contribution in [0.5, 0.6) is 0 Å². The number of hydrogen-bond donors (Lipinski definition) is 0. The number of nitrogens with zero attached hydrogens (tertiary/aromatic N) is 5. The highest BCUT2D eigenvalue weighted by molar-refractivity contribution is 6.26. The molecule has 22 heavy (non-hydrogen) atoms. The van der Waals surface area contributed by atoms with E-state index in [4.69, 9.17) is 0 Å². The molecular formula is C16H9N5O. The molecule has 0 spiro atoms. The second-order valence-electron chi connectivity index (χ2n) is 4.65. The Morgan fingerprint density at radius 3 is 2.27 bits per heavy atom. The van der Waals surface area contributed by atoms with Gasteiger partial charge >= 0.3 is 0 Å². The summed E-state index contributed by atoms with van der Waals surface area (Å²) in [6.45, 7) is 0. The first kappa shape index (κ1) is 12.5. The molecular weight excluding hydrogens is 278 g/mol. The molecule has 0 fully saturated rings. The quantitative estimate of drug-likeness (QED) is 0.719. The highest BCUT2D eigenvalue weighted by Gasteiger charge is 2.24. The van der Waals surface area contributed by atoms with Gasteiger partial charge in [-0.25, -0.2) is 24.9 Å². The molecule has 0 saturated carbocycles. The van der Waals surface area contributed by atoms with Crippen LogP contribution in [0, 0.1) is 0 Å². The van der Waals surface area contributed by atoms with Gasteiger partial charge in [0, 0.05) is 24.2 Å². The van der Waals surface area contributed by atoms with E-state index in [0.717, 1.165) is 5.56 Å². The van der Waals surface area contributed by atoms with Crippen LogP contribution in [0.25, 0.3) is 11.6 Å². The van der Waals surface area contributed by atoms with Crippen molar-refractivity contribution in [1.82, 2.24) is 19.9 Å². The molecule has 104 valence electrons. The lowest BCUT2D eigenvalue weighted by molar-refractivity contribution is 0.101. The van der Waals surface area contributed by atoms with Crippen LogP contribution in [-0.4, -0.2) is 31.6 Å². The number of aliphatic imine (C=N–C) groups is 1. The number of benzene rings is 1. The van der Waals surface area contributed by atoms with E-state index >= 15 is 0 Å². The van der Waals surface area contributed by atoms with Crippen molar-refractivity contribution in [3.8, 4) is 11.6 Å². The fourth-order valence-corrected chi connectivity index (χ4v) is 2.31. The van der Waals surface area contributed by atoms with E-state index in [1.807, 2.05) is 18.2 Å². The molecule has 1 aliphatic heterocycles. The van der Waals surface area contributed by atoms with Crippen LogP contribution in [0.2, 0.25) is 0 Å². The first-order chi connectivity index (χ1) is 10.8. The fraction of sp³-hybridized carbons (Fsp3) is 0. The fourth-order valence-electron chi connectivity index (χ4n) is 2.31. The van der Waals surface area contributed by atoms with Crippen molar-refractivity contribution < 1.29 is 4.79 Å². The van der Waals surface area contributed by atoms with Crippen LogP contribution in [0.1, 0.15) is 21.6 Å². The maximum Gasteiger partial charge on any atom is 0.278 e. The average molecular weight is 287 g/mol. The van der Waals surface area contributed by atoms with Crippen molar-refractivity contribution in [2.24, 2.45) is 4.99 Å². The Labute approximate surface area is 125 Å². The predicted octanol–water partition coefficient (Wildman–Crippen LogP) is 1.92. The van der Waals surface area contributed by atoms with E-state index in [9.17, 15) is 4.79 Å². The standard InChI is InChI=1S/C16H9N5O/c22-16-11-5-2-1-4-10(11)13(21-16)12-6-9-19-15(20-12)14-17-7-3-8-18-14/h1-9H. The monoisotopic (exact) mass is 287 g/mol. The van der Waals surface area contributed by atoms with Gasteiger partial charge in [-0.15, -0.1) is 0 Å². The van der Waals surface area contributed by atoms with Gasteiger partial charge < -0.3 is 0 Å². The summed E-state index contributed by atoms with van der Waals surface area (Å²) in [6, 6.07) is 10.8. The molecule has 4 rings (SSSR count). The van der Waals surface area contributed by atoms with Gasteiger partial charge in [-0.2, -0.15) is 0 Å². The van der Waals surface area contributed by atoms with Crippen LogP contribution < -0.4 is 0 Å². The van der Waals surface area contributed by atoms with Crippen molar-refractivity contribution in [3.05, 3.63) is 71.8 Å². The molecule has 0 unspecified atom stereocenters. The molecule has 1 aliphatic rings. The molecule has 2 aromatic heterocycles. The highest BCUT2D eigenvalue weighted by Crippen LogP contribution is 2.22. The van der Waals surface area contributed by atoms with E-state index in [2.05, 4.69) is 24.9 Å². The lowest BCUT2D eigenvalue weighted by Gasteiger charge is -2.03. The molecule has 0 N–H and O–H groups in total. The van der Waals surface area contributed by atoms with Crippen molar-refractivity contribution >= 4 is 11.6 Å². The average Bonchev–Trinajstić information content (AvgIpc) is 2.93. The zero-order valence-electron chi connectivity index (χ0n) is 11.3. The lowest BCUT2D eigenvalue weighted by atomic mass is 10.0. The molecule has 3 aromatic rings. The summed E-state index contributed by atoms with van der Waals surface area (Å²) in [4.78, 5) is 32.9. The van der Waals surface area contributed by atoms with E-state index in [1.165, 1.54) is 0 Å². The molecule has 6 nitrogen and oxygen atoms in total. The summed E-state index contributed by atoms with van der Waals surface area (Å²) in [7, 11) is 0. The Hall–Kier alpha value is -3.28. The summed E-state index contributed by atoms with van der Waals surface area (Å²) in [6.07, 6.45) is 4.87. The van der Waals surface area contributed by atoms with Crippen LogP contribution in [0.4, 0.5) is 0 Å². The third-order valence-electron chi connectivity index (χ3n) is 3.29. The summed E-state index contributed by atoms with van der Waals surface area (Å²) < 4.78 is 0. The number of carbonyl (C=O) groups excluding carboxylic acids is 1. The number of amides is 1. The number of fused-ring (bicyclic) bond motifs is 1. The molecule has 0 bridgehead atoms. The first-order valence-corrected chi connectivity index (χ1v) is 6.66. The second kappa shape index (κ2) is 4.92. The van der Waals surface area contributed by atoms with E-state index in [0.29, 0.717) is 28.6 Å². The molecule has 0 aliphatic carbocycles. The molecule has 3 heterocycles. The highest BCUT2D eigenvalue weighted by atomic mass is 16.1. The summed E-state index contributed by atoms with van der Waals surface area (Å²) in [5, 5.41) is 0. The minimum atomic E-state index is -0.248. The molecule has 1 amide bonds. The van der Waals surface area contributed by atoms with Gasteiger partial charge in [0.2, 0.25) is 0 Å². The maximum absolute atomic E-state index is 11.9. The Morgan fingerprint density at radius 2 is 1.45 bits per heavy atom. The van der Waals surface area contributed by atoms with Gasteiger partial charge in [-0.05, 0) is 18.2 Å². The van der Waals surface area contributed by atoms with Crippen LogP contribution in [-0.2, 0) is 0 Å². The van der Waals surface area contributed by atoms with Gasteiger partial charge in [-0.1, -0.05) is 18.2 Å². The summed E-state index contributed by atoms with van der Waals surface area (Å²) in [5.41, 5.74) is 2.51. The minimum Gasteiger partial charge on any atom is -0.267 e. The number of hydrogen-bond acceptors (Lipinski definition) is 5. The van der Waals surface area contributed by atoms with Crippen LogP contribution >= 0.6 is 0 Å². The SMILES string of the molecule is O=C1N=C(c2ccnc(-c3ncccn3)n2)c2ccccc21. The molecule has 1 aromatic carbocycles.